The number of carbonyl (C=O) groups excluding carboxylic acids is 1. The Bertz CT molecular complexity index is 736. The summed E-state index contributed by atoms with van der Waals surface area (Å²) in [5.74, 6) is -0.342. The van der Waals surface area contributed by atoms with Crippen molar-refractivity contribution in [3.63, 3.8) is 0 Å². The van der Waals surface area contributed by atoms with E-state index in [1.165, 1.54) is 6.33 Å². The fourth-order valence-electron chi connectivity index (χ4n) is 1.86. The van der Waals surface area contributed by atoms with Crippen molar-refractivity contribution in [1.29, 1.82) is 0 Å². The summed E-state index contributed by atoms with van der Waals surface area (Å²) < 4.78 is 6.72. The van der Waals surface area contributed by atoms with E-state index in [0.29, 0.717) is 18.7 Å². The van der Waals surface area contributed by atoms with E-state index in [1.807, 2.05) is 12.1 Å². The summed E-state index contributed by atoms with van der Waals surface area (Å²) in [5, 5.41) is 5.01. The summed E-state index contributed by atoms with van der Waals surface area (Å²) in [7, 11) is 0. The van der Waals surface area contributed by atoms with Gasteiger partial charge in [0.25, 0.3) is 0 Å². The van der Waals surface area contributed by atoms with Gasteiger partial charge in [-0.05, 0) is 19.1 Å². The predicted octanol–water partition coefficient (Wildman–Crippen LogP) is 2.11. The lowest BCUT2D eigenvalue weighted by molar-refractivity contribution is 0.0526. The van der Waals surface area contributed by atoms with Gasteiger partial charge in [-0.2, -0.15) is 5.10 Å². The molecule has 0 aliphatic heterocycles. The minimum absolute atomic E-state index is 0.342. The number of pyridine rings is 1. The molecule has 0 aliphatic carbocycles. The third-order valence-corrected chi connectivity index (χ3v) is 3.76. The zero-order valence-corrected chi connectivity index (χ0v) is 11.6. The van der Waals surface area contributed by atoms with Crippen molar-refractivity contribution < 1.29 is 9.53 Å². The topological polar surface area (TPSA) is 69.9 Å². The number of esters is 1. The first kappa shape index (κ1) is 12.7. The first-order chi connectivity index (χ1) is 9.76. The SMILES string of the molecule is CCOC(=O)c1cnc2sc(Cn3cncn3)cc2c1. The molecule has 0 unspecified atom stereocenters. The number of aromatic nitrogens is 4. The second-order valence-corrected chi connectivity index (χ2v) is 5.26. The zero-order valence-electron chi connectivity index (χ0n) is 10.8. The van der Waals surface area contributed by atoms with Crippen LogP contribution >= 0.6 is 11.3 Å². The van der Waals surface area contributed by atoms with Crippen LogP contribution < -0.4 is 0 Å². The Morgan fingerprint density at radius 1 is 1.45 bits per heavy atom. The van der Waals surface area contributed by atoms with E-state index in [1.54, 1.807) is 35.5 Å². The molecule has 0 bridgehead atoms. The summed E-state index contributed by atoms with van der Waals surface area (Å²) in [6.45, 7) is 2.79. The largest absolute Gasteiger partial charge is 0.462 e. The van der Waals surface area contributed by atoms with Gasteiger partial charge in [0.1, 0.15) is 17.5 Å². The summed E-state index contributed by atoms with van der Waals surface area (Å²) in [6.07, 6.45) is 4.72. The van der Waals surface area contributed by atoms with E-state index in [-0.39, 0.29) is 5.97 Å². The van der Waals surface area contributed by atoms with Crippen molar-refractivity contribution in [2.24, 2.45) is 0 Å². The summed E-state index contributed by atoms with van der Waals surface area (Å²) >= 11 is 1.58. The maximum atomic E-state index is 11.7. The molecular formula is C13H12N4O2S. The summed E-state index contributed by atoms with van der Waals surface area (Å²) in [4.78, 5) is 21.9. The average molecular weight is 288 g/mol. The minimum Gasteiger partial charge on any atom is -0.462 e. The number of hydrogen-bond acceptors (Lipinski definition) is 6. The Labute approximate surface area is 119 Å². The molecule has 3 aromatic heterocycles. The van der Waals surface area contributed by atoms with Crippen molar-refractivity contribution in [1.82, 2.24) is 19.7 Å². The molecule has 3 aromatic rings. The number of fused-ring (bicyclic) bond motifs is 1. The van der Waals surface area contributed by atoms with Crippen LogP contribution in [0, 0.1) is 0 Å². The zero-order chi connectivity index (χ0) is 13.9. The average Bonchev–Trinajstić information content (AvgIpc) is 3.07. The Hall–Kier alpha value is -2.28. The lowest BCUT2D eigenvalue weighted by atomic mass is 10.2. The van der Waals surface area contributed by atoms with Crippen molar-refractivity contribution in [2.45, 2.75) is 13.5 Å². The van der Waals surface area contributed by atoms with Crippen LogP contribution in [-0.4, -0.2) is 32.3 Å². The molecule has 3 heterocycles. The molecule has 0 atom stereocenters. The predicted molar refractivity (Wildman–Crippen MR) is 74.7 cm³/mol. The van der Waals surface area contributed by atoms with Crippen LogP contribution in [0.3, 0.4) is 0 Å². The second kappa shape index (κ2) is 5.38. The normalized spacial score (nSPS) is 10.8. The van der Waals surface area contributed by atoms with Crippen molar-refractivity contribution in [2.75, 3.05) is 6.61 Å². The van der Waals surface area contributed by atoms with Gasteiger partial charge in [0.05, 0.1) is 18.7 Å². The highest BCUT2D eigenvalue weighted by atomic mass is 32.1. The third-order valence-electron chi connectivity index (χ3n) is 2.72. The number of thiophene rings is 1. The van der Waals surface area contributed by atoms with Gasteiger partial charge in [0.15, 0.2) is 0 Å². The Balaban J connectivity index is 1.89. The highest BCUT2D eigenvalue weighted by Crippen LogP contribution is 2.25. The highest BCUT2D eigenvalue weighted by molar-refractivity contribution is 7.18. The number of hydrogen-bond donors (Lipinski definition) is 0. The minimum atomic E-state index is -0.342. The molecule has 102 valence electrons. The number of nitrogens with zero attached hydrogens (tertiary/aromatic N) is 4. The second-order valence-electron chi connectivity index (χ2n) is 4.14. The molecule has 0 spiro atoms. The van der Waals surface area contributed by atoms with Gasteiger partial charge in [-0.1, -0.05) is 0 Å². The first-order valence-electron chi connectivity index (χ1n) is 6.14. The third kappa shape index (κ3) is 2.53. The Kier molecular flexibility index (Phi) is 3.42. The van der Waals surface area contributed by atoms with Crippen molar-refractivity contribution in [3.8, 4) is 0 Å². The highest BCUT2D eigenvalue weighted by Gasteiger charge is 2.10. The van der Waals surface area contributed by atoms with Crippen molar-refractivity contribution >= 4 is 27.5 Å². The lowest BCUT2D eigenvalue weighted by Crippen LogP contribution is -2.04. The molecule has 3 rings (SSSR count). The molecule has 0 aliphatic rings. The Morgan fingerprint density at radius 2 is 2.35 bits per heavy atom. The number of rotatable bonds is 4. The molecule has 7 heteroatoms. The van der Waals surface area contributed by atoms with Gasteiger partial charge < -0.3 is 4.74 Å². The number of carbonyl (C=O) groups is 1. The molecule has 20 heavy (non-hydrogen) atoms. The van der Waals surface area contributed by atoms with Crippen LogP contribution in [0.5, 0.6) is 0 Å². The smallest absolute Gasteiger partial charge is 0.339 e. The van der Waals surface area contributed by atoms with Crippen LogP contribution in [0.25, 0.3) is 10.2 Å². The van der Waals surface area contributed by atoms with E-state index in [0.717, 1.165) is 15.1 Å². The quantitative estimate of drug-likeness (QED) is 0.688. The van der Waals surface area contributed by atoms with Gasteiger partial charge in [-0.15, -0.1) is 11.3 Å². The first-order valence-corrected chi connectivity index (χ1v) is 6.96. The molecular weight excluding hydrogens is 276 g/mol. The van der Waals surface area contributed by atoms with Crippen LogP contribution in [0.1, 0.15) is 22.2 Å². The molecule has 0 saturated heterocycles. The van der Waals surface area contributed by atoms with Crippen LogP contribution in [0.15, 0.2) is 31.0 Å². The standard InChI is InChI=1S/C13H12N4O2S/c1-2-19-13(18)10-3-9-4-11(20-12(9)15-5-10)6-17-8-14-7-16-17/h3-5,7-8H,2,6H2,1H3. The summed E-state index contributed by atoms with van der Waals surface area (Å²) in [6, 6.07) is 3.82. The fourth-order valence-corrected chi connectivity index (χ4v) is 2.84. The fraction of sp³-hybridized carbons (Fsp3) is 0.231. The molecule has 0 N–H and O–H groups in total. The van der Waals surface area contributed by atoms with E-state index in [9.17, 15) is 4.79 Å². The molecule has 6 nitrogen and oxygen atoms in total. The maximum absolute atomic E-state index is 11.7. The molecule has 0 radical (unpaired) electrons. The van der Waals surface area contributed by atoms with Crippen LogP contribution in [0.4, 0.5) is 0 Å². The van der Waals surface area contributed by atoms with E-state index < -0.39 is 0 Å². The molecule has 0 amide bonds. The van der Waals surface area contributed by atoms with Crippen LogP contribution in [-0.2, 0) is 11.3 Å². The van der Waals surface area contributed by atoms with Crippen LogP contribution in [0.2, 0.25) is 0 Å². The van der Waals surface area contributed by atoms with Gasteiger partial charge in [0.2, 0.25) is 0 Å². The summed E-state index contributed by atoms with van der Waals surface area (Å²) in [5.41, 5.74) is 0.476. The van der Waals surface area contributed by atoms with Gasteiger partial charge >= 0.3 is 5.97 Å². The van der Waals surface area contributed by atoms with E-state index in [2.05, 4.69) is 15.1 Å². The lowest BCUT2D eigenvalue weighted by Gasteiger charge is -2.00. The Morgan fingerprint density at radius 3 is 3.10 bits per heavy atom. The van der Waals surface area contributed by atoms with Gasteiger partial charge in [-0.3, -0.25) is 0 Å². The van der Waals surface area contributed by atoms with E-state index in [4.69, 9.17) is 4.74 Å². The molecule has 0 saturated carbocycles. The molecule has 0 fully saturated rings. The van der Waals surface area contributed by atoms with Gasteiger partial charge in [-0.25, -0.2) is 19.4 Å². The van der Waals surface area contributed by atoms with Gasteiger partial charge in [0, 0.05) is 16.5 Å². The number of ether oxygens (including phenoxy) is 1. The maximum Gasteiger partial charge on any atom is 0.339 e. The monoisotopic (exact) mass is 288 g/mol. The van der Waals surface area contributed by atoms with E-state index >= 15 is 0 Å². The van der Waals surface area contributed by atoms with Crippen molar-refractivity contribution in [3.05, 3.63) is 41.4 Å². The molecule has 0 aromatic carbocycles.